The summed E-state index contributed by atoms with van der Waals surface area (Å²) in [5.41, 5.74) is 1.19. The van der Waals surface area contributed by atoms with E-state index in [1.165, 1.54) is 18.1 Å². The summed E-state index contributed by atoms with van der Waals surface area (Å²) >= 11 is 5.87. The third-order valence-corrected chi connectivity index (χ3v) is 2.94. The molecule has 0 atom stereocenters. The molecule has 0 saturated carbocycles. The van der Waals surface area contributed by atoms with Crippen LogP contribution in [0.3, 0.4) is 0 Å². The van der Waals surface area contributed by atoms with E-state index in [4.69, 9.17) is 11.6 Å². The molecule has 1 aromatic heterocycles. The number of amides is 1. The molecule has 0 radical (unpaired) electrons. The molecule has 20 heavy (non-hydrogen) atoms. The van der Waals surface area contributed by atoms with Crippen LogP contribution in [0.1, 0.15) is 5.56 Å². The van der Waals surface area contributed by atoms with Gasteiger partial charge in [0.25, 0.3) is 0 Å². The van der Waals surface area contributed by atoms with Crippen molar-refractivity contribution in [3.63, 3.8) is 0 Å². The lowest BCUT2D eigenvalue weighted by Gasteiger charge is -2.08. The fraction of sp³-hybridized carbons (Fsp3) is 0.214. The topological polar surface area (TPSA) is 66.9 Å². The fourth-order valence-electron chi connectivity index (χ4n) is 1.66. The van der Waals surface area contributed by atoms with Gasteiger partial charge in [0, 0.05) is 6.54 Å². The Hall–Kier alpha value is -2.14. The number of hydrogen-bond donors (Lipinski definition) is 2. The molecule has 0 bridgehead atoms. The first-order valence-electron chi connectivity index (χ1n) is 6.25. The fourth-order valence-corrected chi connectivity index (χ4v) is 1.83. The van der Waals surface area contributed by atoms with Gasteiger partial charge in [-0.25, -0.2) is 9.97 Å². The van der Waals surface area contributed by atoms with Crippen molar-refractivity contribution in [1.29, 1.82) is 0 Å². The van der Waals surface area contributed by atoms with Crippen LogP contribution >= 0.6 is 11.6 Å². The van der Waals surface area contributed by atoms with Crippen molar-refractivity contribution in [2.75, 3.05) is 18.4 Å². The third kappa shape index (κ3) is 4.51. The first-order chi connectivity index (χ1) is 9.75. The van der Waals surface area contributed by atoms with Crippen LogP contribution in [0.5, 0.6) is 0 Å². The molecule has 6 heteroatoms. The zero-order chi connectivity index (χ0) is 14.2. The highest BCUT2D eigenvalue weighted by Gasteiger charge is 2.04. The molecule has 0 aliphatic carbocycles. The average Bonchev–Trinajstić information content (AvgIpc) is 2.47. The number of benzene rings is 1. The predicted molar refractivity (Wildman–Crippen MR) is 78.7 cm³/mol. The summed E-state index contributed by atoms with van der Waals surface area (Å²) in [5, 5.41) is 6.09. The third-order valence-electron chi connectivity index (χ3n) is 2.66. The van der Waals surface area contributed by atoms with Crippen LogP contribution in [0, 0.1) is 0 Å². The number of nitrogens with one attached hydrogen (secondary N) is 2. The minimum absolute atomic E-state index is 0.101. The normalized spacial score (nSPS) is 10.1. The van der Waals surface area contributed by atoms with E-state index in [-0.39, 0.29) is 12.5 Å². The van der Waals surface area contributed by atoms with Crippen molar-refractivity contribution in [2.24, 2.45) is 0 Å². The Kier molecular flexibility index (Phi) is 5.32. The van der Waals surface area contributed by atoms with E-state index in [0.29, 0.717) is 17.4 Å². The highest BCUT2D eigenvalue weighted by Crippen LogP contribution is 2.15. The largest absolute Gasteiger partial charge is 0.360 e. The molecule has 0 aliphatic heterocycles. The van der Waals surface area contributed by atoms with Gasteiger partial charge in [0.05, 0.1) is 12.7 Å². The quantitative estimate of drug-likeness (QED) is 0.853. The Balaban J connectivity index is 1.70. The van der Waals surface area contributed by atoms with Crippen LogP contribution in [0.15, 0.2) is 42.9 Å². The minimum atomic E-state index is -0.101. The number of halogens is 1. The molecule has 0 saturated heterocycles. The van der Waals surface area contributed by atoms with Crippen molar-refractivity contribution in [3.05, 3.63) is 53.4 Å². The highest BCUT2D eigenvalue weighted by molar-refractivity contribution is 6.32. The zero-order valence-electron chi connectivity index (χ0n) is 10.8. The van der Waals surface area contributed by atoms with Crippen LogP contribution in [-0.4, -0.2) is 29.0 Å². The van der Waals surface area contributed by atoms with Crippen LogP contribution in [0.4, 0.5) is 5.82 Å². The lowest BCUT2D eigenvalue weighted by atomic mass is 10.1. The highest BCUT2D eigenvalue weighted by atomic mass is 35.5. The Bertz CT molecular complexity index is 562. The summed E-state index contributed by atoms with van der Waals surface area (Å²) in [7, 11) is 0. The van der Waals surface area contributed by atoms with Gasteiger partial charge in [-0.05, 0) is 12.0 Å². The molecule has 0 aliphatic rings. The number of aromatic nitrogens is 2. The van der Waals surface area contributed by atoms with Crippen LogP contribution in [0.2, 0.25) is 5.02 Å². The Morgan fingerprint density at radius 2 is 2.05 bits per heavy atom. The monoisotopic (exact) mass is 290 g/mol. The minimum Gasteiger partial charge on any atom is -0.360 e. The standard InChI is InChI=1S/C14H15ClN4O/c15-12-8-16-10-19-14(12)18-9-13(20)17-7-6-11-4-2-1-3-5-11/h1-5,8,10H,6-7,9H2,(H,17,20)(H,16,18,19). The lowest BCUT2D eigenvalue weighted by molar-refractivity contribution is -0.119. The van der Waals surface area contributed by atoms with E-state index in [2.05, 4.69) is 20.6 Å². The number of nitrogens with zero attached hydrogens (tertiary/aromatic N) is 2. The molecule has 1 amide bonds. The SMILES string of the molecule is O=C(CNc1ncncc1Cl)NCCc1ccccc1. The molecule has 2 aromatic rings. The number of carbonyl (C=O) groups excluding carboxylic acids is 1. The van der Waals surface area contributed by atoms with Gasteiger partial charge in [0.1, 0.15) is 17.2 Å². The van der Waals surface area contributed by atoms with Gasteiger partial charge >= 0.3 is 0 Å². The summed E-state index contributed by atoms with van der Waals surface area (Å²) in [5.74, 6) is 0.357. The summed E-state index contributed by atoms with van der Waals surface area (Å²) in [6.45, 7) is 0.730. The van der Waals surface area contributed by atoms with Crippen LogP contribution in [-0.2, 0) is 11.2 Å². The predicted octanol–water partition coefficient (Wildman–Crippen LogP) is 1.90. The molecule has 1 heterocycles. The molecule has 0 spiro atoms. The molecule has 104 valence electrons. The maximum atomic E-state index is 11.7. The second kappa shape index (κ2) is 7.45. The van der Waals surface area contributed by atoms with Crippen molar-refractivity contribution in [3.8, 4) is 0 Å². The number of hydrogen-bond acceptors (Lipinski definition) is 4. The molecule has 1 aromatic carbocycles. The van der Waals surface area contributed by atoms with Gasteiger partial charge < -0.3 is 10.6 Å². The van der Waals surface area contributed by atoms with Gasteiger partial charge in [0.15, 0.2) is 0 Å². The Labute approximate surface area is 122 Å². The van der Waals surface area contributed by atoms with E-state index in [1.807, 2.05) is 30.3 Å². The lowest BCUT2D eigenvalue weighted by Crippen LogP contribution is -2.31. The smallest absolute Gasteiger partial charge is 0.239 e. The summed E-state index contributed by atoms with van der Waals surface area (Å²) in [4.78, 5) is 19.4. The van der Waals surface area contributed by atoms with Gasteiger partial charge in [0.2, 0.25) is 5.91 Å². The molecular weight excluding hydrogens is 276 g/mol. The van der Waals surface area contributed by atoms with E-state index in [9.17, 15) is 4.79 Å². The first-order valence-corrected chi connectivity index (χ1v) is 6.63. The Morgan fingerprint density at radius 3 is 2.80 bits per heavy atom. The molecule has 0 fully saturated rings. The molecule has 2 N–H and O–H groups in total. The summed E-state index contributed by atoms with van der Waals surface area (Å²) in [6, 6.07) is 10.00. The van der Waals surface area contributed by atoms with Crippen molar-refractivity contribution < 1.29 is 4.79 Å². The van der Waals surface area contributed by atoms with Gasteiger partial charge in [-0.15, -0.1) is 0 Å². The van der Waals surface area contributed by atoms with E-state index < -0.39 is 0 Å². The number of rotatable bonds is 6. The zero-order valence-corrected chi connectivity index (χ0v) is 11.6. The van der Waals surface area contributed by atoms with Crippen molar-refractivity contribution in [1.82, 2.24) is 15.3 Å². The van der Waals surface area contributed by atoms with Crippen LogP contribution < -0.4 is 10.6 Å². The van der Waals surface area contributed by atoms with Gasteiger partial charge in [-0.1, -0.05) is 41.9 Å². The van der Waals surface area contributed by atoms with Crippen LogP contribution in [0.25, 0.3) is 0 Å². The number of carbonyl (C=O) groups is 1. The van der Waals surface area contributed by atoms with Gasteiger partial charge in [-0.3, -0.25) is 4.79 Å². The number of anilines is 1. The van der Waals surface area contributed by atoms with E-state index >= 15 is 0 Å². The summed E-state index contributed by atoms with van der Waals surface area (Å²) in [6.07, 6.45) is 3.66. The molecule has 5 nitrogen and oxygen atoms in total. The second-order valence-corrected chi connectivity index (χ2v) is 4.57. The van der Waals surface area contributed by atoms with E-state index in [1.54, 1.807) is 0 Å². The van der Waals surface area contributed by atoms with Crippen molar-refractivity contribution >= 4 is 23.3 Å². The molecular formula is C14H15ClN4O. The molecule has 2 rings (SSSR count). The van der Waals surface area contributed by atoms with Crippen molar-refractivity contribution in [2.45, 2.75) is 6.42 Å². The maximum Gasteiger partial charge on any atom is 0.239 e. The average molecular weight is 291 g/mol. The van der Waals surface area contributed by atoms with E-state index in [0.717, 1.165) is 6.42 Å². The Morgan fingerprint density at radius 1 is 1.25 bits per heavy atom. The van der Waals surface area contributed by atoms with Gasteiger partial charge in [-0.2, -0.15) is 0 Å². The molecule has 0 unspecified atom stereocenters. The second-order valence-electron chi connectivity index (χ2n) is 4.16. The summed E-state index contributed by atoms with van der Waals surface area (Å²) < 4.78 is 0. The first kappa shape index (κ1) is 14.3. The maximum absolute atomic E-state index is 11.7.